The molecule has 18 heavy (non-hydrogen) atoms. The molecule has 0 radical (unpaired) electrons. The van der Waals surface area contributed by atoms with Crippen molar-refractivity contribution < 1.29 is 4.79 Å². The number of nitrogens with one attached hydrogen (secondary N) is 1. The van der Waals surface area contributed by atoms with Crippen molar-refractivity contribution in [3.63, 3.8) is 0 Å². The standard InChI is InChI=1S/C11H9Br2N3O2/c1-14-9(17)4-16-5-15-10-7(11(16)18)2-6(12)3-8(10)13/h2-3,5H,4H2,1H3,(H,14,17). The zero-order valence-corrected chi connectivity index (χ0v) is 12.6. The molecular weight excluding hydrogens is 366 g/mol. The van der Waals surface area contributed by atoms with E-state index in [1.807, 2.05) is 6.07 Å². The van der Waals surface area contributed by atoms with Gasteiger partial charge in [-0.3, -0.25) is 14.2 Å². The van der Waals surface area contributed by atoms with E-state index < -0.39 is 0 Å². The summed E-state index contributed by atoms with van der Waals surface area (Å²) in [6, 6.07) is 3.51. The molecule has 0 fully saturated rings. The van der Waals surface area contributed by atoms with Gasteiger partial charge in [-0.1, -0.05) is 15.9 Å². The summed E-state index contributed by atoms with van der Waals surface area (Å²) in [5, 5.41) is 2.93. The molecule has 2 rings (SSSR count). The van der Waals surface area contributed by atoms with Gasteiger partial charge in [0.05, 0.1) is 17.2 Å². The molecule has 0 atom stereocenters. The highest BCUT2D eigenvalue weighted by molar-refractivity contribution is 9.11. The molecule has 1 N–H and O–H groups in total. The Labute approximate surface area is 119 Å². The van der Waals surface area contributed by atoms with Gasteiger partial charge in [0, 0.05) is 16.0 Å². The lowest BCUT2D eigenvalue weighted by Crippen LogP contribution is -2.30. The summed E-state index contributed by atoms with van der Waals surface area (Å²) < 4.78 is 2.79. The Morgan fingerprint density at radius 1 is 1.44 bits per heavy atom. The summed E-state index contributed by atoms with van der Waals surface area (Å²) in [4.78, 5) is 27.7. The Hall–Kier alpha value is -1.21. The van der Waals surface area contributed by atoms with Crippen LogP contribution in [0.3, 0.4) is 0 Å². The molecule has 0 saturated heterocycles. The first-order chi connectivity index (χ1) is 8.52. The molecule has 0 spiro atoms. The largest absolute Gasteiger partial charge is 0.358 e. The predicted octanol–water partition coefficient (Wildman–Crippen LogP) is 1.67. The summed E-state index contributed by atoms with van der Waals surface area (Å²) in [6.07, 6.45) is 1.37. The molecule has 0 saturated carbocycles. The number of amides is 1. The number of benzene rings is 1. The van der Waals surface area contributed by atoms with E-state index >= 15 is 0 Å². The molecule has 1 aromatic heterocycles. The summed E-state index contributed by atoms with van der Waals surface area (Å²) >= 11 is 6.67. The average Bonchev–Trinajstić information content (AvgIpc) is 2.33. The lowest BCUT2D eigenvalue weighted by atomic mass is 10.2. The third kappa shape index (κ3) is 2.46. The molecular formula is C11H9Br2N3O2. The normalized spacial score (nSPS) is 10.6. The number of fused-ring (bicyclic) bond motifs is 1. The molecule has 1 amide bonds. The van der Waals surface area contributed by atoms with Crippen LogP contribution in [0.25, 0.3) is 10.9 Å². The first-order valence-electron chi connectivity index (χ1n) is 5.07. The molecule has 5 nitrogen and oxygen atoms in total. The number of halogens is 2. The van der Waals surface area contributed by atoms with E-state index in [-0.39, 0.29) is 18.0 Å². The van der Waals surface area contributed by atoms with Crippen LogP contribution in [0.15, 0.2) is 32.2 Å². The third-order valence-corrected chi connectivity index (χ3v) is 3.50. The number of aromatic nitrogens is 2. The second-order valence-corrected chi connectivity index (χ2v) is 5.40. The van der Waals surface area contributed by atoms with Crippen molar-refractivity contribution in [1.82, 2.24) is 14.9 Å². The van der Waals surface area contributed by atoms with Gasteiger partial charge in [0.1, 0.15) is 6.54 Å². The highest BCUT2D eigenvalue weighted by Crippen LogP contribution is 2.24. The summed E-state index contributed by atoms with van der Waals surface area (Å²) in [5.74, 6) is -0.243. The van der Waals surface area contributed by atoms with Crippen molar-refractivity contribution in [1.29, 1.82) is 0 Å². The number of likely N-dealkylation sites (N-methyl/N-ethyl adjacent to an activating group) is 1. The van der Waals surface area contributed by atoms with Crippen molar-refractivity contribution in [2.24, 2.45) is 0 Å². The number of hydrogen-bond donors (Lipinski definition) is 1. The summed E-state index contributed by atoms with van der Waals surface area (Å²) in [7, 11) is 1.52. The number of hydrogen-bond acceptors (Lipinski definition) is 3. The monoisotopic (exact) mass is 373 g/mol. The van der Waals surface area contributed by atoms with E-state index in [1.54, 1.807) is 6.07 Å². The molecule has 94 valence electrons. The van der Waals surface area contributed by atoms with Crippen LogP contribution in [0.4, 0.5) is 0 Å². The minimum absolute atomic E-state index is 0.0393. The maximum absolute atomic E-state index is 12.2. The van der Waals surface area contributed by atoms with Gasteiger partial charge in [0.2, 0.25) is 5.91 Å². The Balaban J connectivity index is 2.64. The summed E-state index contributed by atoms with van der Waals surface area (Å²) in [5.41, 5.74) is 0.335. The van der Waals surface area contributed by atoms with Crippen molar-refractivity contribution in [3.05, 3.63) is 37.8 Å². The maximum atomic E-state index is 12.2. The number of nitrogens with zero attached hydrogens (tertiary/aromatic N) is 2. The molecule has 1 heterocycles. The van der Waals surface area contributed by atoms with Crippen molar-refractivity contribution in [2.45, 2.75) is 6.54 Å². The van der Waals surface area contributed by atoms with Gasteiger partial charge in [-0.25, -0.2) is 4.98 Å². The van der Waals surface area contributed by atoms with Crippen LogP contribution < -0.4 is 10.9 Å². The van der Waals surface area contributed by atoms with E-state index in [0.717, 1.165) is 8.95 Å². The quantitative estimate of drug-likeness (QED) is 0.869. The van der Waals surface area contributed by atoms with Crippen molar-refractivity contribution >= 4 is 48.7 Å². The van der Waals surface area contributed by atoms with E-state index in [4.69, 9.17) is 0 Å². The molecule has 0 aliphatic carbocycles. The SMILES string of the molecule is CNC(=O)Cn1cnc2c(Br)cc(Br)cc2c1=O. The van der Waals surface area contributed by atoms with Gasteiger partial charge >= 0.3 is 0 Å². The molecule has 0 aliphatic heterocycles. The molecule has 1 aromatic carbocycles. The van der Waals surface area contributed by atoms with Gasteiger partial charge in [0.15, 0.2) is 0 Å². The second-order valence-electron chi connectivity index (χ2n) is 3.63. The van der Waals surface area contributed by atoms with Crippen molar-refractivity contribution in [2.75, 3.05) is 7.05 Å². The van der Waals surface area contributed by atoms with Crippen LogP contribution >= 0.6 is 31.9 Å². The van der Waals surface area contributed by atoms with Crippen LogP contribution in [0.1, 0.15) is 0 Å². The summed E-state index contributed by atoms with van der Waals surface area (Å²) in [6.45, 7) is -0.0393. The first-order valence-corrected chi connectivity index (χ1v) is 6.66. The van der Waals surface area contributed by atoms with Crippen LogP contribution in [0.5, 0.6) is 0 Å². The molecule has 0 unspecified atom stereocenters. The van der Waals surface area contributed by atoms with E-state index in [2.05, 4.69) is 42.2 Å². The molecule has 2 aromatic rings. The van der Waals surface area contributed by atoms with E-state index in [0.29, 0.717) is 10.9 Å². The van der Waals surface area contributed by atoms with Crippen LogP contribution in [0, 0.1) is 0 Å². The Bertz CT molecular complexity index is 682. The highest BCUT2D eigenvalue weighted by Gasteiger charge is 2.10. The van der Waals surface area contributed by atoms with Gasteiger partial charge in [-0.2, -0.15) is 0 Å². The lowest BCUT2D eigenvalue weighted by molar-refractivity contribution is -0.121. The maximum Gasteiger partial charge on any atom is 0.261 e. The second kappa shape index (κ2) is 5.19. The van der Waals surface area contributed by atoms with Gasteiger partial charge in [-0.05, 0) is 28.1 Å². The number of carbonyl (C=O) groups is 1. The third-order valence-electron chi connectivity index (χ3n) is 2.44. The van der Waals surface area contributed by atoms with Gasteiger partial charge in [-0.15, -0.1) is 0 Å². The molecule has 0 bridgehead atoms. The number of carbonyl (C=O) groups excluding carboxylic acids is 1. The molecule has 7 heteroatoms. The Morgan fingerprint density at radius 2 is 2.17 bits per heavy atom. The highest BCUT2D eigenvalue weighted by atomic mass is 79.9. The predicted molar refractivity (Wildman–Crippen MR) is 75.5 cm³/mol. The minimum atomic E-state index is -0.245. The van der Waals surface area contributed by atoms with Crippen LogP contribution in [-0.4, -0.2) is 22.5 Å². The topological polar surface area (TPSA) is 64.0 Å². The lowest BCUT2D eigenvalue weighted by Gasteiger charge is -2.06. The Kier molecular flexibility index (Phi) is 3.82. The zero-order chi connectivity index (χ0) is 13.3. The molecule has 0 aliphatic rings. The van der Waals surface area contributed by atoms with Crippen LogP contribution in [-0.2, 0) is 11.3 Å². The average molecular weight is 375 g/mol. The minimum Gasteiger partial charge on any atom is -0.358 e. The smallest absolute Gasteiger partial charge is 0.261 e. The fraction of sp³-hybridized carbons (Fsp3) is 0.182. The van der Waals surface area contributed by atoms with Crippen LogP contribution in [0.2, 0.25) is 0 Å². The Morgan fingerprint density at radius 3 is 2.83 bits per heavy atom. The van der Waals surface area contributed by atoms with E-state index in [9.17, 15) is 9.59 Å². The van der Waals surface area contributed by atoms with Gasteiger partial charge in [0.25, 0.3) is 5.56 Å². The van der Waals surface area contributed by atoms with E-state index in [1.165, 1.54) is 17.9 Å². The number of rotatable bonds is 2. The van der Waals surface area contributed by atoms with Crippen molar-refractivity contribution in [3.8, 4) is 0 Å². The fourth-order valence-electron chi connectivity index (χ4n) is 1.54. The van der Waals surface area contributed by atoms with Gasteiger partial charge < -0.3 is 5.32 Å². The first kappa shape index (κ1) is 13.2. The fourth-order valence-corrected chi connectivity index (χ4v) is 2.87. The zero-order valence-electron chi connectivity index (χ0n) is 9.41.